The highest BCUT2D eigenvalue weighted by Gasteiger charge is 2.19. The van der Waals surface area contributed by atoms with Gasteiger partial charge in [-0.05, 0) is 36.8 Å². The molecule has 0 fully saturated rings. The summed E-state index contributed by atoms with van der Waals surface area (Å²) in [6.45, 7) is 2.39. The predicted octanol–water partition coefficient (Wildman–Crippen LogP) is 3.72. The molecule has 6 nitrogen and oxygen atoms in total. The number of rotatable bonds is 4. The molecule has 0 saturated carbocycles. The van der Waals surface area contributed by atoms with E-state index in [9.17, 15) is 9.59 Å². The van der Waals surface area contributed by atoms with E-state index in [1.54, 1.807) is 48.1 Å². The van der Waals surface area contributed by atoms with Crippen molar-refractivity contribution < 1.29 is 0 Å². The maximum absolute atomic E-state index is 13.0. The fourth-order valence-corrected chi connectivity index (χ4v) is 3.69. The molecule has 28 heavy (non-hydrogen) atoms. The zero-order valence-corrected chi connectivity index (χ0v) is 16.5. The molecule has 0 aliphatic rings. The quantitative estimate of drug-likeness (QED) is 0.511. The van der Waals surface area contributed by atoms with Crippen LogP contribution < -0.4 is 11.2 Å². The van der Waals surface area contributed by atoms with Crippen LogP contribution in [-0.4, -0.2) is 18.7 Å². The highest BCUT2D eigenvalue weighted by Crippen LogP contribution is 2.21. The number of benzene rings is 2. The Morgan fingerprint density at radius 3 is 2.54 bits per heavy atom. The first-order valence-electron chi connectivity index (χ1n) is 8.71. The van der Waals surface area contributed by atoms with Gasteiger partial charge in [-0.3, -0.25) is 9.36 Å². The SMILES string of the molecule is CCn1c(=O)c2c(ncn2Cc2cccc(Cl)c2)n(-c2ccccc2Cl)c1=O. The summed E-state index contributed by atoms with van der Waals surface area (Å²) in [5, 5.41) is 1.01. The minimum atomic E-state index is -0.471. The van der Waals surface area contributed by atoms with E-state index in [2.05, 4.69) is 4.98 Å². The van der Waals surface area contributed by atoms with E-state index in [0.717, 1.165) is 5.56 Å². The van der Waals surface area contributed by atoms with E-state index < -0.39 is 5.69 Å². The highest BCUT2D eigenvalue weighted by molar-refractivity contribution is 6.32. The molecule has 0 unspecified atom stereocenters. The number of halogens is 2. The van der Waals surface area contributed by atoms with Crippen molar-refractivity contribution in [3.63, 3.8) is 0 Å². The normalized spacial score (nSPS) is 11.2. The third kappa shape index (κ3) is 3.04. The summed E-state index contributed by atoms with van der Waals surface area (Å²) >= 11 is 12.4. The summed E-state index contributed by atoms with van der Waals surface area (Å²) < 4.78 is 4.29. The van der Waals surface area contributed by atoms with Crippen LogP contribution >= 0.6 is 23.2 Å². The van der Waals surface area contributed by atoms with Gasteiger partial charge in [0.15, 0.2) is 11.2 Å². The Bertz CT molecular complexity index is 1300. The Morgan fingerprint density at radius 1 is 1.04 bits per heavy atom. The summed E-state index contributed by atoms with van der Waals surface area (Å²) in [6.07, 6.45) is 1.56. The number of hydrogen-bond acceptors (Lipinski definition) is 3. The second-order valence-corrected chi connectivity index (χ2v) is 7.14. The van der Waals surface area contributed by atoms with Gasteiger partial charge in [0, 0.05) is 18.1 Å². The van der Waals surface area contributed by atoms with E-state index in [1.807, 2.05) is 18.2 Å². The van der Waals surface area contributed by atoms with Gasteiger partial charge in [0.2, 0.25) is 0 Å². The molecule has 2 aromatic heterocycles. The van der Waals surface area contributed by atoms with Crippen LogP contribution in [0.15, 0.2) is 64.4 Å². The lowest BCUT2D eigenvalue weighted by Crippen LogP contribution is -2.39. The van der Waals surface area contributed by atoms with E-state index in [-0.39, 0.29) is 17.8 Å². The maximum Gasteiger partial charge on any atom is 0.337 e. The molecule has 0 saturated heterocycles. The van der Waals surface area contributed by atoms with E-state index in [4.69, 9.17) is 23.2 Å². The van der Waals surface area contributed by atoms with Crippen molar-refractivity contribution in [1.82, 2.24) is 18.7 Å². The molecule has 0 bridgehead atoms. The fourth-order valence-electron chi connectivity index (χ4n) is 3.26. The first kappa shape index (κ1) is 18.5. The first-order chi connectivity index (χ1) is 13.5. The largest absolute Gasteiger partial charge is 0.337 e. The molecular weight excluding hydrogens is 399 g/mol. The van der Waals surface area contributed by atoms with Crippen molar-refractivity contribution in [1.29, 1.82) is 0 Å². The number of fused-ring (bicyclic) bond motifs is 1. The molecule has 4 rings (SSSR count). The average Bonchev–Trinajstić information content (AvgIpc) is 3.07. The first-order valence-corrected chi connectivity index (χ1v) is 9.47. The molecule has 0 N–H and O–H groups in total. The van der Waals surface area contributed by atoms with E-state index >= 15 is 0 Å². The third-order valence-corrected chi connectivity index (χ3v) is 5.11. The van der Waals surface area contributed by atoms with Gasteiger partial charge in [-0.25, -0.2) is 14.3 Å². The van der Waals surface area contributed by atoms with Gasteiger partial charge in [-0.2, -0.15) is 0 Å². The Balaban J connectivity index is 2.02. The monoisotopic (exact) mass is 414 g/mol. The van der Waals surface area contributed by atoms with Gasteiger partial charge in [0.25, 0.3) is 5.56 Å². The topological polar surface area (TPSA) is 61.8 Å². The van der Waals surface area contributed by atoms with Crippen LogP contribution in [0.2, 0.25) is 10.0 Å². The van der Waals surface area contributed by atoms with Gasteiger partial charge in [0.05, 0.1) is 17.0 Å². The highest BCUT2D eigenvalue weighted by atomic mass is 35.5. The Labute approximate surface area is 170 Å². The van der Waals surface area contributed by atoms with Crippen LogP contribution in [0.25, 0.3) is 16.9 Å². The molecule has 0 spiro atoms. The van der Waals surface area contributed by atoms with Crippen LogP contribution in [0.3, 0.4) is 0 Å². The average molecular weight is 415 g/mol. The molecule has 2 aromatic carbocycles. The number of hydrogen-bond donors (Lipinski definition) is 0. The molecular formula is C20H16Cl2N4O2. The summed E-state index contributed by atoms with van der Waals surface area (Å²) in [5.74, 6) is 0. The Hall–Kier alpha value is -2.83. The lowest BCUT2D eigenvalue weighted by Gasteiger charge is -2.12. The van der Waals surface area contributed by atoms with Crippen LogP contribution in [0.1, 0.15) is 12.5 Å². The number of aromatic nitrogens is 4. The molecule has 2 heterocycles. The molecule has 0 radical (unpaired) electrons. The van der Waals surface area contributed by atoms with Crippen LogP contribution in [0.4, 0.5) is 0 Å². The molecule has 8 heteroatoms. The minimum absolute atomic E-state index is 0.237. The zero-order valence-electron chi connectivity index (χ0n) is 15.0. The third-order valence-electron chi connectivity index (χ3n) is 4.55. The van der Waals surface area contributed by atoms with Crippen molar-refractivity contribution >= 4 is 34.4 Å². The van der Waals surface area contributed by atoms with Crippen LogP contribution in [-0.2, 0) is 13.1 Å². The molecule has 4 aromatic rings. The van der Waals surface area contributed by atoms with Gasteiger partial charge < -0.3 is 4.57 Å². The minimum Gasteiger partial charge on any atom is -0.320 e. The summed E-state index contributed by atoms with van der Waals surface area (Å²) in [5.41, 5.74) is 1.15. The lowest BCUT2D eigenvalue weighted by atomic mass is 10.2. The predicted molar refractivity (Wildman–Crippen MR) is 111 cm³/mol. The Morgan fingerprint density at radius 2 is 1.82 bits per heavy atom. The second kappa shape index (κ2) is 7.30. The Kier molecular flexibility index (Phi) is 4.83. The number of para-hydroxylation sites is 1. The standard InChI is InChI=1S/C20H16Cl2N4O2/c1-2-25-19(27)17-18(26(20(25)28)16-9-4-3-8-15(16)22)23-12-24(17)11-13-6-5-7-14(21)10-13/h3-10,12H,2,11H2,1H3. The number of imidazole rings is 1. The van der Waals surface area contributed by atoms with Gasteiger partial charge in [0.1, 0.15) is 0 Å². The lowest BCUT2D eigenvalue weighted by molar-refractivity contribution is 0.655. The van der Waals surface area contributed by atoms with Gasteiger partial charge in [-0.15, -0.1) is 0 Å². The maximum atomic E-state index is 13.0. The molecule has 0 amide bonds. The van der Waals surface area contributed by atoms with Gasteiger partial charge >= 0.3 is 5.69 Å². The molecule has 0 atom stereocenters. The van der Waals surface area contributed by atoms with E-state index in [0.29, 0.717) is 27.8 Å². The summed E-state index contributed by atoms with van der Waals surface area (Å²) in [4.78, 5) is 30.4. The smallest absolute Gasteiger partial charge is 0.320 e. The van der Waals surface area contributed by atoms with Crippen molar-refractivity contribution in [3.05, 3.63) is 91.3 Å². The van der Waals surface area contributed by atoms with Crippen molar-refractivity contribution in [2.24, 2.45) is 0 Å². The number of nitrogens with zero attached hydrogens (tertiary/aromatic N) is 4. The molecule has 142 valence electrons. The van der Waals surface area contributed by atoms with Crippen molar-refractivity contribution in [2.75, 3.05) is 0 Å². The van der Waals surface area contributed by atoms with Crippen molar-refractivity contribution in [2.45, 2.75) is 20.0 Å². The van der Waals surface area contributed by atoms with Crippen LogP contribution in [0.5, 0.6) is 0 Å². The summed E-state index contributed by atoms with van der Waals surface area (Å²) in [6, 6.07) is 14.4. The fraction of sp³-hybridized carbons (Fsp3) is 0.150. The second-order valence-electron chi connectivity index (χ2n) is 6.29. The van der Waals surface area contributed by atoms with E-state index in [1.165, 1.54) is 9.13 Å². The molecule has 0 aliphatic heterocycles. The molecule has 0 aliphatic carbocycles. The van der Waals surface area contributed by atoms with Crippen molar-refractivity contribution in [3.8, 4) is 5.69 Å². The zero-order chi connectivity index (χ0) is 19.8. The summed E-state index contributed by atoms with van der Waals surface area (Å²) in [7, 11) is 0. The van der Waals surface area contributed by atoms with Gasteiger partial charge in [-0.1, -0.05) is 47.5 Å². The van der Waals surface area contributed by atoms with Crippen LogP contribution in [0, 0.1) is 0 Å².